The summed E-state index contributed by atoms with van der Waals surface area (Å²) in [6.07, 6.45) is 10.3. The van der Waals surface area contributed by atoms with Crippen LogP contribution in [0.5, 0.6) is 0 Å². The van der Waals surface area contributed by atoms with E-state index >= 15 is 0 Å². The first-order valence-electron chi connectivity index (χ1n) is 12.5. The lowest BCUT2D eigenvalue weighted by Crippen LogP contribution is -2.24. The van der Waals surface area contributed by atoms with E-state index in [-0.39, 0.29) is 6.04 Å². The van der Waals surface area contributed by atoms with Crippen molar-refractivity contribution in [1.82, 2.24) is 19.7 Å². The van der Waals surface area contributed by atoms with Gasteiger partial charge in [0.15, 0.2) is 0 Å². The van der Waals surface area contributed by atoms with Gasteiger partial charge in [-0.25, -0.2) is 0 Å². The van der Waals surface area contributed by atoms with Crippen molar-refractivity contribution in [3.05, 3.63) is 78.1 Å². The van der Waals surface area contributed by atoms with Gasteiger partial charge in [0.2, 0.25) is 0 Å². The fourth-order valence-electron chi connectivity index (χ4n) is 5.78. The van der Waals surface area contributed by atoms with E-state index in [9.17, 15) is 0 Å². The predicted molar refractivity (Wildman–Crippen MR) is 137 cm³/mol. The summed E-state index contributed by atoms with van der Waals surface area (Å²) >= 11 is 0. The molecule has 0 aliphatic carbocycles. The van der Waals surface area contributed by atoms with Crippen LogP contribution >= 0.6 is 0 Å². The van der Waals surface area contributed by atoms with Crippen molar-refractivity contribution >= 4 is 21.9 Å². The second-order valence-corrected chi connectivity index (χ2v) is 9.57. The summed E-state index contributed by atoms with van der Waals surface area (Å²) in [5.74, 6) is 1.26. The first-order valence-corrected chi connectivity index (χ1v) is 12.5. The molecule has 0 saturated carbocycles. The van der Waals surface area contributed by atoms with E-state index in [1.807, 2.05) is 32.4 Å². The maximum Gasteiger partial charge on any atom is 0.141 e. The van der Waals surface area contributed by atoms with Gasteiger partial charge in [-0.1, -0.05) is 41.9 Å². The number of pyridine rings is 2. The summed E-state index contributed by atoms with van der Waals surface area (Å²) in [4.78, 5) is 9.42. The van der Waals surface area contributed by atoms with Crippen molar-refractivity contribution < 1.29 is 9.26 Å². The maximum atomic E-state index is 5.93. The van der Waals surface area contributed by atoms with Gasteiger partial charge in [-0.3, -0.25) is 9.97 Å². The van der Waals surface area contributed by atoms with Crippen LogP contribution in [0.2, 0.25) is 0 Å². The Kier molecular flexibility index (Phi) is 5.82. The third-order valence-electron chi connectivity index (χ3n) is 7.37. The van der Waals surface area contributed by atoms with E-state index < -0.39 is 0 Å². The Morgan fingerprint density at radius 2 is 1.86 bits per heavy atom. The molecule has 6 heteroatoms. The second kappa shape index (κ2) is 9.27. The molecule has 4 aromatic heterocycles. The van der Waals surface area contributed by atoms with Crippen molar-refractivity contribution in [1.29, 1.82) is 0 Å². The fraction of sp³-hybridized carbons (Fsp3) is 0.345. The maximum absolute atomic E-state index is 5.93. The summed E-state index contributed by atoms with van der Waals surface area (Å²) in [6.45, 7) is 5.61. The quantitative estimate of drug-likeness (QED) is 0.297. The Morgan fingerprint density at radius 3 is 2.69 bits per heavy atom. The van der Waals surface area contributed by atoms with Crippen LogP contribution in [0.15, 0.2) is 65.6 Å². The lowest BCUT2D eigenvalue weighted by atomic mass is 9.85. The highest BCUT2D eigenvalue weighted by atomic mass is 16.5. The molecule has 6 nitrogen and oxygen atoms in total. The van der Waals surface area contributed by atoms with Gasteiger partial charge in [0.05, 0.1) is 28.3 Å². The molecule has 35 heavy (non-hydrogen) atoms. The third-order valence-corrected chi connectivity index (χ3v) is 7.37. The SMILES string of the molecule is Cc1noc(C)c1-c1cnc2c3cnccc3n(C(c3ccccc3)C3CCCCOCC3)c2c1. The molecule has 0 radical (unpaired) electrons. The summed E-state index contributed by atoms with van der Waals surface area (Å²) in [5, 5.41) is 5.26. The molecule has 1 aromatic carbocycles. The predicted octanol–water partition coefficient (Wildman–Crippen LogP) is 6.65. The Hall–Kier alpha value is -3.51. The average molecular weight is 467 g/mol. The number of hydrogen-bond acceptors (Lipinski definition) is 5. The zero-order chi connectivity index (χ0) is 23.8. The smallest absolute Gasteiger partial charge is 0.141 e. The molecule has 2 unspecified atom stereocenters. The normalized spacial score (nSPS) is 17.9. The molecule has 5 aromatic rings. The Bertz CT molecular complexity index is 1440. The van der Waals surface area contributed by atoms with Crippen LogP contribution < -0.4 is 0 Å². The minimum absolute atomic E-state index is 0.169. The zero-order valence-electron chi connectivity index (χ0n) is 20.3. The second-order valence-electron chi connectivity index (χ2n) is 9.57. The molecule has 1 fully saturated rings. The molecule has 0 N–H and O–H groups in total. The summed E-state index contributed by atoms with van der Waals surface area (Å²) in [5.41, 5.74) is 7.49. The van der Waals surface area contributed by atoms with Gasteiger partial charge >= 0.3 is 0 Å². The number of ether oxygens (including phenoxy) is 1. The monoisotopic (exact) mass is 466 g/mol. The van der Waals surface area contributed by atoms with Gasteiger partial charge < -0.3 is 13.8 Å². The van der Waals surface area contributed by atoms with Crippen LogP contribution in [0, 0.1) is 19.8 Å². The van der Waals surface area contributed by atoms with Gasteiger partial charge in [-0.2, -0.15) is 0 Å². The molecule has 0 amide bonds. The van der Waals surface area contributed by atoms with Crippen LogP contribution in [0.1, 0.15) is 48.7 Å². The topological polar surface area (TPSA) is 66.0 Å². The van der Waals surface area contributed by atoms with Crippen molar-refractivity contribution in [2.24, 2.45) is 5.92 Å². The fourth-order valence-corrected chi connectivity index (χ4v) is 5.78. The minimum Gasteiger partial charge on any atom is -0.381 e. The van der Waals surface area contributed by atoms with Crippen LogP contribution in [0.4, 0.5) is 0 Å². The molecule has 1 aliphatic heterocycles. The first kappa shape index (κ1) is 22.0. The van der Waals surface area contributed by atoms with Gasteiger partial charge in [-0.05, 0) is 56.7 Å². The van der Waals surface area contributed by atoms with E-state index in [2.05, 4.69) is 57.2 Å². The highest BCUT2D eigenvalue weighted by Gasteiger charge is 2.29. The van der Waals surface area contributed by atoms with Crippen LogP contribution in [-0.4, -0.2) is 32.9 Å². The van der Waals surface area contributed by atoms with E-state index in [1.165, 1.54) is 18.4 Å². The summed E-state index contributed by atoms with van der Waals surface area (Å²) in [7, 11) is 0. The largest absolute Gasteiger partial charge is 0.381 e. The van der Waals surface area contributed by atoms with Crippen molar-refractivity contribution in [2.45, 2.75) is 45.6 Å². The lowest BCUT2D eigenvalue weighted by molar-refractivity contribution is 0.0927. The van der Waals surface area contributed by atoms with E-state index in [4.69, 9.17) is 14.2 Å². The molecule has 0 bridgehead atoms. The summed E-state index contributed by atoms with van der Waals surface area (Å²) in [6, 6.07) is 15.4. The number of hydrogen-bond donors (Lipinski definition) is 0. The van der Waals surface area contributed by atoms with Crippen molar-refractivity contribution in [3.63, 3.8) is 0 Å². The number of nitrogens with zero attached hydrogens (tertiary/aromatic N) is 4. The number of aryl methyl sites for hydroxylation is 2. The Morgan fingerprint density at radius 1 is 0.971 bits per heavy atom. The van der Waals surface area contributed by atoms with Gasteiger partial charge in [0.1, 0.15) is 5.76 Å². The molecule has 2 atom stereocenters. The van der Waals surface area contributed by atoms with Crippen LogP contribution in [0.3, 0.4) is 0 Å². The standard InChI is InChI=1S/C29H30N4O2/c1-19-27(20(2)35-32-19)23-16-26-28(31-17-23)24-18-30-13-11-25(24)33(26)29(21-8-4-3-5-9-21)22-10-6-7-14-34-15-12-22/h3-5,8-9,11,13,16-18,22,29H,6-7,10,12,14-15H2,1-2H3. The number of rotatable bonds is 4. The minimum atomic E-state index is 0.169. The van der Waals surface area contributed by atoms with Gasteiger partial charge in [-0.15, -0.1) is 0 Å². The third kappa shape index (κ3) is 3.92. The molecule has 0 spiro atoms. The molecule has 1 aliphatic rings. The first-order chi connectivity index (χ1) is 17.2. The van der Waals surface area contributed by atoms with Crippen LogP contribution in [0.25, 0.3) is 33.1 Å². The number of fused-ring (bicyclic) bond motifs is 3. The molecule has 178 valence electrons. The highest BCUT2D eigenvalue weighted by Crippen LogP contribution is 2.41. The van der Waals surface area contributed by atoms with E-state index in [1.54, 1.807) is 0 Å². The van der Waals surface area contributed by atoms with Crippen molar-refractivity contribution in [3.8, 4) is 11.1 Å². The van der Waals surface area contributed by atoms with Crippen molar-refractivity contribution in [2.75, 3.05) is 13.2 Å². The number of aromatic nitrogens is 4. The molecule has 6 rings (SSSR count). The molecule has 1 saturated heterocycles. The van der Waals surface area contributed by atoms with Gasteiger partial charge in [0.25, 0.3) is 0 Å². The molecule has 5 heterocycles. The van der Waals surface area contributed by atoms with Gasteiger partial charge in [0, 0.05) is 48.3 Å². The van der Waals surface area contributed by atoms with E-state index in [0.717, 1.165) is 70.6 Å². The number of benzene rings is 1. The lowest BCUT2D eigenvalue weighted by Gasteiger charge is -2.32. The zero-order valence-corrected chi connectivity index (χ0v) is 20.3. The average Bonchev–Trinajstić information content (AvgIpc) is 3.37. The van der Waals surface area contributed by atoms with Crippen LogP contribution in [-0.2, 0) is 4.74 Å². The molecular formula is C29H30N4O2. The highest BCUT2D eigenvalue weighted by molar-refractivity contribution is 6.06. The van der Waals surface area contributed by atoms with E-state index in [0.29, 0.717) is 5.92 Å². The summed E-state index contributed by atoms with van der Waals surface area (Å²) < 4.78 is 13.9. The Labute approximate surface area is 204 Å². The molecular weight excluding hydrogens is 436 g/mol. The Balaban J connectivity index is 1.62.